The lowest BCUT2D eigenvalue weighted by Crippen LogP contribution is -2.12. The maximum absolute atomic E-state index is 13.2. The van der Waals surface area contributed by atoms with Gasteiger partial charge < -0.3 is 5.32 Å². The van der Waals surface area contributed by atoms with Crippen LogP contribution in [0.1, 0.15) is 18.9 Å². The Labute approximate surface area is 95.2 Å². The average Bonchev–Trinajstić information content (AvgIpc) is 2.26. The minimum absolute atomic E-state index is 0.476. The van der Waals surface area contributed by atoms with E-state index in [2.05, 4.69) is 12.2 Å². The summed E-state index contributed by atoms with van der Waals surface area (Å²) in [5, 5.41) is 3.19. The summed E-state index contributed by atoms with van der Waals surface area (Å²) in [7, 11) is 0. The summed E-state index contributed by atoms with van der Waals surface area (Å²) in [6.07, 6.45) is 5.36. The lowest BCUT2D eigenvalue weighted by atomic mass is 10.1. The van der Waals surface area contributed by atoms with E-state index in [0.29, 0.717) is 12.0 Å². The molecule has 0 unspecified atom stereocenters. The minimum Gasteiger partial charge on any atom is -0.317 e. The summed E-state index contributed by atoms with van der Waals surface area (Å²) < 4.78 is 25.8. The highest BCUT2D eigenvalue weighted by atomic mass is 19.1. The van der Waals surface area contributed by atoms with Gasteiger partial charge in [0, 0.05) is 6.07 Å². The van der Waals surface area contributed by atoms with E-state index in [9.17, 15) is 8.78 Å². The van der Waals surface area contributed by atoms with Gasteiger partial charge in [-0.05, 0) is 37.6 Å². The van der Waals surface area contributed by atoms with E-state index in [4.69, 9.17) is 0 Å². The Morgan fingerprint density at radius 2 is 2.06 bits per heavy atom. The topological polar surface area (TPSA) is 12.0 Å². The second-order valence-corrected chi connectivity index (χ2v) is 3.55. The van der Waals surface area contributed by atoms with Gasteiger partial charge >= 0.3 is 0 Å². The van der Waals surface area contributed by atoms with E-state index in [1.165, 1.54) is 12.1 Å². The first-order chi connectivity index (χ1) is 7.74. The van der Waals surface area contributed by atoms with Crippen molar-refractivity contribution in [1.29, 1.82) is 0 Å². The number of allylic oxidation sites excluding steroid dienone is 1. The zero-order valence-electron chi connectivity index (χ0n) is 9.47. The molecular weight excluding hydrogens is 208 g/mol. The van der Waals surface area contributed by atoms with Crippen LogP contribution in [-0.4, -0.2) is 13.1 Å². The Bertz CT molecular complexity index is 348. The van der Waals surface area contributed by atoms with Crippen LogP contribution in [0.3, 0.4) is 0 Å². The van der Waals surface area contributed by atoms with Gasteiger partial charge in [-0.3, -0.25) is 0 Å². The fourth-order valence-corrected chi connectivity index (χ4v) is 1.38. The number of hydrogen-bond acceptors (Lipinski definition) is 1. The molecule has 0 heterocycles. The van der Waals surface area contributed by atoms with Crippen molar-refractivity contribution in [3.8, 4) is 0 Å². The van der Waals surface area contributed by atoms with Crippen molar-refractivity contribution in [1.82, 2.24) is 5.32 Å². The maximum atomic E-state index is 13.2. The van der Waals surface area contributed by atoms with E-state index in [0.717, 1.165) is 25.6 Å². The predicted molar refractivity (Wildman–Crippen MR) is 62.4 cm³/mol. The number of rotatable bonds is 6. The van der Waals surface area contributed by atoms with Crippen molar-refractivity contribution >= 4 is 0 Å². The van der Waals surface area contributed by atoms with Gasteiger partial charge in [-0.1, -0.05) is 25.1 Å². The fourth-order valence-electron chi connectivity index (χ4n) is 1.38. The van der Waals surface area contributed by atoms with Gasteiger partial charge in [-0.15, -0.1) is 0 Å². The minimum atomic E-state index is -0.530. The lowest BCUT2D eigenvalue weighted by molar-refractivity contribution is 0.575. The molecule has 16 heavy (non-hydrogen) atoms. The molecule has 0 saturated heterocycles. The molecule has 0 bridgehead atoms. The molecular formula is C13H17F2N. The van der Waals surface area contributed by atoms with Crippen molar-refractivity contribution in [2.75, 3.05) is 13.1 Å². The average molecular weight is 225 g/mol. The summed E-state index contributed by atoms with van der Waals surface area (Å²) in [6, 6.07) is 3.69. The first-order valence-corrected chi connectivity index (χ1v) is 5.53. The standard InChI is InChI=1S/C13H17F2N/c1-2-16-9-5-3-4-6-11-7-8-12(14)10-13(11)15/h3-4,7-8,10,16H,2,5-6,9H2,1H3. The van der Waals surface area contributed by atoms with Crippen LogP contribution in [-0.2, 0) is 6.42 Å². The molecule has 0 aliphatic heterocycles. The molecule has 1 N–H and O–H groups in total. The second kappa shape index (κ2) is 7.12. The van der Waals surface area contributed by atoms with Crippen LogP contribution < -0.4 is 5.32 Å². The van der Waals surface area contributed by atoms with Crippen molar-refractivity contribution in [2.24, 2.45) is 0 Å². The number of nitrogens with one attached hydrogen (secondary N) is 1. The van der Waals surface area contributed by atoms with E-state index in [1.807, 2.05) is 12.2 Å². The molecule has 1 nitrogen and oxygen atoms in total. The van der Waals surface area contributed by atoms with E-state index in [-0.39, 0.29) is 0 Å². The Hall–Kier alpha value is -1.22. The second-order valence-electron chi connectivity index (χ2n) is 3.55. The highest BCUT2D eigenvalue weighted by Crippen LogP contribution is 2.10. The smallest absolute Gasteiger partial charge is 0.129 e. The summed E-state index contributed by atoms with van der Waals surface area (Å²) in [5.74, 6) is -1.01. The SMILES string of the molecule is CCNCCC=CCc1ccc(F)cc1F. The molecule has 0 aromatic heterocycles. The van der Waals surface area contributed by atoms with Crippen LogP contribution >= 0.6 is 0 Å². The van der Waals surface area contributed by atoms with Gasteiger partial charge in [0.15, 0.2) is 0 Å². The monoisotopic (exact) mass is 225 g/mol. The van der Waals surface area contributed by atoms with Crippen LogP contribution in [0.4, 0.5) is 8.78 Å². The zero-order chi connectivity index (χ0) is 11.8. The van der Waals surface area contributed by atoms with Crippen molar-refractivity contribution < 1.29 is 8.78 Å². The summed E-state index contributed by atoms with van der Waals surface area (Å²) in [4.78, 5) is 0. The van der Waals surface area contributed by atoms with Gasteiger partial charge in [0.05, 0.1) is 0 Å². The molecule has 0 saturated carbocycles. The van der Waals surface area contributed by atoms with Crippen LogP contribution in [0.15, 0.2) is 30.4 Å². The molecule has 3 heteroatoms. The van der Waals surface area contributed by atoms with Crippen LogP contribution in [0.5, 0.6) is 0 Å². The maximum Gasteiger partial charge on any atom is 0.129 e. The third-order valence-corrected chi connectivity index (χ3v) is 2.26. The van der Waals surface area contributed by atoms with E-state index in [1.54, 1.807) is 0 Å². The van der Waals surface area contributed by atoms with Crippen molar-refractivity contribution in [2.45, 2.75) is 19.8 Å². The first kappa shape index (κ1) is 12.8. The van der Waals surface area contributed by atoms with Crippen LogP contribution in [0, 0.1) is 11.6 Å². The zero-order valence-corrected chi connectivity index (χ0v) is 9.47. The molecule has 1 aromatic rings. The first-order valence-electron chi connectivity index (χ1n) is 5.53. The summed E-state index contributed by atoms with van der Waals surface area (Å²) in [5.41, 5.74) is 0.529. The number of halogens is 2. The summed E-state index contributed by atoms with van der Waals surface area (Å²) in [6.45, 7) is 3.94. The third-order valence-electron chi connectivity index (χ3n) is 2.26. The van der Waals surface area contributed by atoms with Gasteiger partial charge in [0.25, 0.3) is 0 Å². The Kier molecular flexibility index (Phi) is 5.72. The highest BCUT2D eigenvalue weighted by molar-refractivity contribution is 5.20. The molecule has 0 aliphatic rings. The van der Waals surface area contributed by atoms with Crippen LogP contribution in [0.25, 0.3) is 0 Å². The van der Waals surface area contributed by atoms with E-state index >= 15 is 0 Å². The fraction of sp³-hybridized carbons (Fsp3) is 0.385. The molecule has 0 amide bonds. The highest BCUT2D eigenvalue weighted by Gasteiger charge is 2.00. The third kappa shape index (κ3) is 4.53. The van der Waals surface area contributed by atoms with Crippen molar-refractivity contribution in [3.63, 3.8) is 0 Å². The Morgan fingerprint density at radius 1 is 1.25 bits per heavy atom. The van der Waals surface area contributed by atoms with Crippen molar-refractivity contribution in [3.05, 3.63) is 47.5 Å². The normalized spacial score (nSPS) is 11.2. The molecule has 1 rings (SSSR count). The quantitative estimate of drug-likeness (QED) is 0.579. The van der Waals surface area contributed by atoms with Gasteiger partial charge in [-0.2, -0.15) is 0 Å². The lowest BCUT2D eigenvalue weighted by Gasteiger charge is -1.99. The molecule has 88 valence electrons. The van der Waals surface area contributed by atoms with Gasteiger partial charge in [0.1, 0.15) is 11.6 Å². The summed E-state index contributed by atoms with van der Waals surface area (Å²) >= 11 is 0. The molecule has 0 spiro atoms. The Morgan fingerprint density at radius 3 is 2.75 bits per heavy atom. The van der Waals surface area contributed by atoms with Gasteiger partial charge in [0.2, 0.25) is 0 Å². The Balaban J connectivity index is 2.36. The van der Waals surface area contributed by atoms with Gasteiger partial charge in [-0.25, -0.2) is 8.78 Å². The number of hydrogen-bond donors (Lipinski definition) is 1. The largest absolute Gasteiger partial charge is 0.317 e. The molecule has 0 atom stereocenters. The molecule has 0 radical (unpaired) electrons. The van der Waals surface area contributed by atoms with Crippen LogP contribution in [0.2, 0.25) is 0 Å². The predicted octanol–water partition coefficient (Wildman–Crippen LogP) is 3.06. The van der Waals surface area contributed by atoms with E-state index < -0.39 is 11.6 Å². The molecule has 0 aliphatic carbocycles. The molecule has 0 fully saturated rings. The molecule has 1 aromatic carbocycles. The number of benzene rings is 1.